The van der Waals surface area contributed by atoms with Crippen LogP contribution in [0.3, 0.4) is 0 Å². The summed E-state index contributed by atoms with van der Waals surface area (Å²) in [7, 11) is 0. The second kappa shape index (κ2) is 5.40. The van der Waals surface area contributed by atoms with Gasteiger partial charge in [0.25, 0.3) is 11.5 Å². The zero-order chi connectivity index (χ0) is 14.8. The van der Waals surface area contributed by atoms with Crippen LogP contribution in [0.1, 0.15) is 16.1 Å². The predicted molar refractivity (Wildman–Crippen MR) is 76.4 cm³/mol. The fraction of sp³-hybridized carbons (Fsp3) is 0.267. The third-order valence-electron chi connectivity index (χ3n) is 3.33. The van der Waals surface area contributed by atoms with E-state index in [-0.39, 0.29) is 23.1 Å². The number of carbonyl (C=O) groups is 1. The summed E-state index contributed by atoms with van der Waals surface area (Å²) in [6, 6.07) is 8.73. The van der Waals surface area contributed by atoms with Crippen molar-refractivity contribution in [1.82, 2.24) is 14.9 Å². The molecule has 0 atom stereocenters. The number of aryl methyl sites for hydroxylation is 1. The summed E-state index contributed by atoms with van der Waals surface area (Å²) in [5, 5.41) is 0. The van der Waals surface area contributed by atoms with E-state index in [9.17, 15) is 9.59 Å². The van der Waals surface area contributed by atoms with Gasteiger partial charge in [-0.05, 0) is 25.1 Å². The molecule has 108 valence electrons. The van der Waals surface area contributed by atoms with E-state index in [1.807, 2.05) is 19.1 Å². The number of carbonyl (C=O) groups excluding carboxylic acids is 1. The van der Waals surface area contributed by atoms with Crippen LogP contribution >= 0.6 is 0 Å². The van der Waals surface area contributed by atoms with E-state index in [1.165, 1.54) is 12.3 Å². The third kappa shape index (κ3) is 2.79. The summed E-state index contributed by atoms with van der Waals surface area (Å²) in [6.07, 6.45) is 1.43. The van der Waals surface area contributed by atoms with Crippen molar-refractivity contribution in [3.8, 4) is 5.88 Å². The Labute approximate surface area is 121 Å². The second-order valence-corrected chi connectivity index (χ2v) is 4.98. The average Bonchev–Trinajstić information content (AvgIpc) is 2.42. The minimum atomic E-state index is -0.368. The number of hydrogen-bond donors (Lipinski definition) is 1. The van der Waals surface area contributed by atoms with Crippen molar-refractivity contribution in [3.05, 3.63) is 58.1 Å². The van der Waals surface area contributed by atoms with Gasteiger partial charge in [0.2, 0.25) is 5.88 Å². The van der Waals surface area contributed by atoms with Gasteiger partial charge in [-0.25, -0.2) is 4.98 Å². The Morgan fingerprint density at radius 3 is 2.86 bits per heavy atom. The monoisotopic (exact) mass is 285 g/mol. The van der Waals surface area contributed by atoms with Crippen LogP contribution in [0.4, 0.5) is 0 Å². The highest BCUT2D eigenvalue weighted by Crippen LogP contribution is 2.17. The Kier molecular flexibility index (Phi) is 3.43. The standard InChI is InChI=1S/C15H15N3O3/c1-10-4-2-6-13(17-10)21-11-8-18(9-11)15(20)12-5-3-7-16-14(12)19/h2-7,11H,8-9H2,1H3,(H,16,19). The van der Waals surface area contributed by atoms with Crippen LogP contribution in [0.25, 0.3) is 0 Å². The van der Waals surface area contributed by atoms with E-state index in [2.05, 4.69) is 9.97 Å². The molecule has 1 saturated heterocycles. The molecule has 0 saturated carbocycles. The summed E-state index contributed by atoms with van der Waals surface area (Å²) in [5.74, 6) is 0.290. The zero-order valence-corrected chi connectivity index (χ0v) is 11.6. The van der Waals surface area contributed by atoms with Crippen molar-refractivity contribution in [3.63, 3.8) is 0 Å². The first-order chi connectivity index (χ1) is 10.1. The highest BCUT2D eigenvalue weighted by atomic mass is 16.5. The van der Waals surface area contributed by atoms with E-state index < -0.39 is 0 Å². The molecule has 0 radical (unpaired) electrons. The SMILES string of the molecule is Cc1cccc(OC2CN(C(=O)c3ccc[nH]c3=O)C2)n1. The molecule has 1 aliphatic heterocycles. The molecule has 0 aliphatic carbocycles. The number of aromatic amines is 1. The molecule has 0 bridgehead atoms. The molecule has 1 amide bonds. The fourth-order valence-corrected chi connectivity index (χ4v) is 2.19. The van der Waals surface area contributed by atoms with Crippen molar-refractivity contribution < 1.29 is 9.53 Å². The van der Waals surface area contributed by atoms with Gasteiger partial charge in [-0.15, -0.1) is 0 Å². The minimum absolute atomic E-state index is 0.0777. The van der Waals surface area contributed by atoms with Gasteiger partial charge < -0.3 is 14.6 Å². The highest BCUT2D eigenvalue weighted by molar-refractivity contribution is 5.94. The van der Waals surface area contributed by atoms with Crippen LogP contribution in [-0.2, 0) is 0 Å². The van der Waals surface area contributed by atoms with Crippen molar-refractivity contribution in [2.24, 2.45) is 0 Å². The molecule has 6 heteroatoms. The molecule has 0 spiro atoms. The molecule has 3 heterocycles. The van der Waals surface area contributed by atoms with Gasteiger partial charge in [0.1, 0.15) is 11.7 Å². The van der Waals surface area contributed by atoms with E-state index in [1.54, 1.807) is 17.0 Å². The van der Waals surface area contributed by atoms with Gasteiger partial charge in [-0.3, -0.25) is 9.59 Å². The molecule has 3 rings (SSSR count). The minimum Gasteiger partial charge on any atom is -0.471 e. The molecule has 6 nitrogen and oxygen atoms in total. The van der Waals surface area contributed by atoms with Crippen LogP contribution in [0.2, 0.25) is 0 Å². The summed E-state index contributed by atoms with van der Waals surface area (Å²) in [5.41, 5.74) is 0.674. The number of aromatic nitrogens is 2. The molecule has 1 N–H and O–H groups in total. The van der Waals surface area contributed by atoms with Crippen molar-refractivity contribution in [1.29, 1.82) is 0 Å². The van der Waals surface area contributed by atoms with Crippen LogP contribution < -0.4 is 10.3 Å². The van der Waals surface area contributed by atoms with E-state index >= 15 is 0 Å². The summed E-state index contributed by atoms with van der Waals surface area (Å²) >= 11 is 0. The van der Waals surface area contributed by atoms with Crippen LogP contribution in [0, 0.1) is 6.92 Å². The first-order valence-corrected chi connectivity index (χ1v) is 6.71. The maximum atomic E-state index is 12.1. The molecule has 1 fully saturated rings. The Morgan fingerprint density at radius 2 is 2.14 bits per heavy atom. The van der Waals surface area contributed by atoms with Gasteiger partial charge >= 0.3 is 0 Å². The molecule has 0 aromatic carbocycles. The lowest BCUT2D eigenvalue weighted by atomic mass is 10.1. The Morgan fingerprint density at radius 1 is 1.33 bits per heavy atom. The zero-order valence-electron chi connectivity index (χ0n) is 11.6. The number of rotatable bonds is 3. The van der Waals surface area contributed by atoms with Crippen molar-refractivity contribution >= 4 is 5.91 Å². The number of nitrogens with one attached hydrogen (secondary N) is 1. The van der Waals surface area contributed by atoms with Crippen LogP contribution in [-0.4, -0.2) is 40.0 Å². The number of pyridine rings is 2. The summed E-state index contributed by atoms with van der Waals surface area (Å²) < 4.78 is 5.69. The summed E-state index contributed by atoms with van der Waals surface area (Å²) in [6.45, 7) is 2.82. The van der Waals surface area contributed by atoms with Gasteiger partial charge in [0, 0.05) is 18.0 Å². The van der Waals surface area contributed by atoms with Crippen molar-refractivity contribution in [2.75, 3.05) is 13.1 Å². The number of H-pyrrole nitrogens is 1. The highest BCUT2D eigenvalue weighted by Gasteiger charge is 2.33. The van der Waals surface area contributed by atoms with Crippen LogP contribution in [0.5, 0.6) is 5.88 Å². The smallest absolute Gasteiger partial charge is 0.260 e. The van der Waals surface area contributed by atoms with E-state index in [0.717, 1.165) is 5.69 Å². The van der Waals surface area contributed by atoms with Gasteiger partial charge in [-0.1, -0.05) is 6.07 Å². The van der Waals surface area contributed by atoms with E-state index in [4.69, 9.17) is 4.74 Å². The molecule has 1 aliphatic rings. The lowest BCUT2D eigenvalue weighted by Crippen LogP contribution is -2.56. The van der Waals surface area contributed by atoms with Crippen LogP contribution in [0.15, 0.2) is 41.3 Å². The van der Waals surface area contributed by atoms with Gasteiger partial charge in [-0.2, -0.15) is 0 Å². The second-order valence-electron chi connectivity index (χ2n) is 4.98. The van der Waals surface area contributed by atoms with Crippen molar-refractivity contribution in [2.45, 2.75) is 13.0 Å². The number of nitrogens with zero attached hydrogens (tertiary/aromatic N) is 2. The van der Waals surface area contributed by atoms with Gasteiger partial charge in [0.05, 0.1) is 13.1 Å². The average molecular weight is 285 g/mol. The Bertz CT molecular complexity index is 720. The maximum Gasteiger partial charge on any atom is 0.260 e. The molecule has 21 heavy (non-hydrogen) atoms. The summed E-state index contributed by atoms with van der Waals surface area (Å²) in [4.78, 5) is 32.0. The fourth-order valence-electron chi connectivity index (χ4n) is 2.19. The Balaban J connectivity index is 1.60. The molecule has 2 aromatic rings. The topological polar surface area (TPSA) is 75.3 Å². The quantitative estimate of drug-likeness (QED) is 0.912. The lowest BCUT2D eigenvalue weighted by molar-refractivity contribution is 0.0158. The molecular formula is C15H15N3O3. The molecule has 2 aromatic heterocycles. The third-order valence-corrected chi connectivity index (χ3v) is 3.33. The lowest BCUT2D eigenvalue weighted by Gasteiger charge is -2.38. The van der Waals surface area contributed by atoms with E-state index in [0.29, 0.717) is 19.0 Å². The maximum absolute atomic E-state index is 12.1. The number of amides is 1. The largest absolute Gasteiger partial charge is 0.471 e. The number of ether oxygens (including phenoxy) is 1. The first-order valence-electron chi connectivity index (χ1n) is 6.71. The molecular weight excluding hydrogens is 270 g/mol. The predicted octanol–water partition coefficient (Wildman–Crippen LogP) is 0.982. The first kappa shape index (κ1) is 13.4. The number of likely N-dealkylation sites (tertiary alicyclic amines) is 1. The molecule has 0 unspecified atom stereocenters. The number of hydrogen-bond acceptors (Lipinski definition) is 4. The Hall–Kier alpha value is -2.63. The van der Waals surface area contributed by atoms with Gasteiger partial charge in [0.15, 0.2) is 0 Å². The normalized spacial score (nSPS) is 14.6.